The SMILES string of the molecule is CCNC(Cc1ccc(C)cc1Cl)C(OC)C1CC1. The number of likely N-dealkylation sites (N-methyl/N-ethyl adjacent to an activating group) is 1. The molecule has 0 spiro atoms. The van der Waals surface area contributed by atoms with Crippen LogP contribution in [0.25, 0.3) is 0 Å². The molecule has 1 saturated carbocycles. The van der Waals surface area contributed by atoms with Gasteiger partial charge >= 0.3 is 0 Å². The minimum Gasteiger partial charge on any atom is -0.380 e. The van der Waals surface area contributed by atoms with Crippen molar-refractivity contribution in [3.63, 3.8) is 0 Å². The summed E-state index contributed by atoms with van der Waals surface area (Å²) in [6.45, 7) is 5.17. The standard InChI is InChI=1S/C16H24ClNO/c1-4-18-15(16(19-3)12-7-8-12)10-13-6-5-11(2)9-14(13)17/h5-6,9,12,15-16,18H,4,7-8,10H2,1-3H3. The van der Waals surface area contributed by atoms with Gasteiger partial charge in [0.2, 0.25) is 0 Å². The predicted molar refractivity (Wildman–Crippen MR) is 80.9 cm³/mol. The third-order valence-electron chi connectivity index (χ3n) is 3.87. The first kappa shape index (κ1) is 14.8. The van der Waals surface area contributed by atoms with Crippen molar-refractivity contribution in [2.45, 2.75) is 45.3 Å². The van der Waals surface area contributed by atoms with E-state index in [0.29, 0.717) is 12.1 Å². The molecule has 1 aliphatic rings. The van der Waals surface area contributed by atoms with E-state index in [1.807, 2.05) is 13.2 Å². The lowest BCUT2D eigenvalue weighted by molar-refractivity contribution is 0.0516. The van der Waals surface area contributed by atoms with Gasteiger partial charge < -0.3 is 10.1 Å². The molecule has 0 bridgehead atoms. The predicted octanol–water partition coefficient (Wildman–Crippen LogP) is 3.59. The zero-order valence-corrected chi connectivity index (χ0v) is 12.8. The van der Waals surface area contributed by atoms with Gasteiger partial charge in [-0.25, -0.2) is 0 Å². The van der Waals surface area contributed by atoms with Gasteiger partial charge in [0.1, 0.15) is 0 Å². The Hall–Kier alpha value is -0.570. The molecule has 3 heteroatoms. The van der Waals surface area contributed by atoms with Gasteiger partial charge in [0.25, 0.3) is 0 Å². The Balaban J connectivity index is 2.10. The first-order valence-electron chi connectivity index (χ1n) is 7.17. The van der Waals surface area contributed by atoms with E-state index >= 15 is 0 Å². The van der Waals surface area contributed by atoms with Crippen LogP contribution in [0.4, 0.5) is 0 Å². The molecule has 2 rings (SSSR count). The number of rotatable bonds is 7. The monoisotopic (exact) mass is 281 g/mol. The van der Waals surface area contributed by atoms with Crippen molar-refractivity contribution in [2.75, 3.05) is 13.7 Å². The largest absolute Gasteiger partial charge is 0.380 e. The fourth-order valence-electron chi connectivity index (χ4n) is 2.73. The number of hydrogen-bond donors (Lipinski definition) is 1. The van der Waals surface area contributed by atoms with E-state index < -0.39 is 0 Å². The van der Waals surface area contributed by atoms with Crippen LogP contribution in [0.15, 0.2) is 18.2 Å². The van der Waals surface area contributed by atoms with Gasteiger partial charge in [-0.3, -0.25) is 0 Å². The summed E-state index contributed by atoms with van der Waals surface area (Å²) in [6.07, 6.45) is 3.82. The molecular formula is C16H24ClNO. The van der Waals surface area contributed by atoms with Gasteiger partial charge in [0.15, 0.2) is 0 Å². The highest BCUT2D eigenvalue weighted by atomic mass is 35.5. The molecule has 0 aromatic heterocycles. The van der Waals surface area contributed by atoms with E-state index in [4.69, 9.17) is 16.3 Å². The van der Waals surface area contributed by atoms with Crippen molar-refractivity contribution >= 4 is 11.6 Å². The second-order valence-electron chi connectivity index (χ2n) is 5.50. The van der Waals surface area contributed by atoms with Gasteiger partial charge in [-0.2, -0.15) is 0 Å². The van der Waals surface area contributed by atoms with E-state index in [1.165, 1.54) is 24.0 Å². The first-order valence-corrected chi connectivity index (χ1v) is 7.54. The molecule has 1 aromatic rings. The number of methoxy groups -OCH3 is 1. The van der Waals surface area contributed by atoms with E-state index in [0.717, 1.165) is 23.9 Å². The highest BCUT2D eigenvalue weighted by Crippen LogP contribution is 2.36. The van der Waals surface area contributed by atoms with Crippen LogP contribution in [0.5, 0.6) is 0 Å². The summed E-state index contributed by atoms with van der Waals surface area (Å²) in [6, 6.07) is 6.66. The maximum atomic E-state index is 6.35. The highest BCUT2D eigenvalue weighted by Gasteiger charge is 2.36. The van der Waals surface area contributed by atoms with Gasteiger partial charge in [0.05, 0.1) is 6.10 Å². The summed E-state index contributed by atoms with van der Waals surface area (Å²) in [5, 5.41) is 4.43. The third-order valence-corrected chi connectivity index (χ3v) is 4.22. The Kier molecular flexibility index (Phi) is 5.26. The minimum absolute atomic E-state index is 0.303. The van der Waals surface area contributed by atoms with Crippen molar-refractivity contribution in [2.24, 2.45) is 5.92 Å². The van der Waals surface area contributed by atoms with Crippen LogP contribution in [0.2, 0.25) is 5.02 Å². The molecule has 0 heterocycles. The Morgan fingerprint density at radius 1 is 1.42 bits per heavy atom. The molecule has 0 aliphatic heterocycles. The number of ether oxygens (including phenoxy) is 1. The normalized spacial score (nSPS) is 18.3. The van der Waals surface area contributed by atoms with Crippen LogP contribution >= 0.6 is 11.6 Å². The molecule has 0 amide bonds. The molecule has 2 atom stereocenters. The molecule has 106 valence electrons. The molecule has 2 unspecified atom stereocenters. The van der Waals surface area contributed by atoms with Crippen LogP contribution in [0.3, 0.4) is 0 Å². The lowest BCUT2D eigenvalue weighted by Crippen LogP contribution is -2.43. The number of hydrogen-bond acceptors (Lipinski definition) is 2. The average molecular weight is 282 g/mol. The maximum absolute atomic E-state index is 6.35. The molecule has 1 fully saturated rings. The van der Waals surface area contributed by atoms with E-state index in [1.54, 1.807) is 0 Å². The Morgan fingerprint density at radius 2 is 2.16 bits per heavy atom. The smallest absolute Gasteiger partial charge is 0.0755 e. The Morgan fingerprint density at radius 3 is 2.68 bits per heavy atom. The van der Waals surface area contributed by atoms with Crippen LogP contribution in [-0.2, 0) is 11.2 Å². The van der Waals surface area contributed by atoms with E-state index in [9.17, 15) is 0 Å². The zero-order chi connectivity index (χ0) is 13.8. The molecule has 1 aromatic carbocycles. The third kappa shape index (κ3) is 3.95. The van der Waals surface area contributed by atoms with Gasteiger partial charge in [-0.1, -0.05) is 30.7 Å². The molecule has 1 N–H and O–H groups in total. The van der Waals surface area contributed by atoms with Crippen molar-refractivity contribution < 1.29 is 4.74 Å². The van der Waals surface area contributed by atoms with Crippen LogP contribution in [-0.4, -0.2) is 25.8 Å². The Bertz CT molecular complexity index is 417. The van der Waals surface area contributed by atoms with Crippen molar-refractivity contribution in [1.82, 2.24) is 5.32 Å². The molecule has 1 aliphatic carbocycles. The maximum Gasteiger partial charge on any atom is 0.0755 e. The fraction of sp³-hybridized carbons (Fsp3) is 0.625. The lowest BCUT2D eigenvalue weighted by Gasteiger charge is -2.27. The first-order chi connectivity index (χ1) is 9.15. The molecule has 0 radical (unpaired) electrons. The van der Waals surface area contributed by atoms with E-state index in [-0.39, 0.29) is 0 Å². The summed E-state index contributed by atoms with van der Waals surface area (Å²) < 4.78 is 5.72. The fourth-order valence-corrected chi connectivity index (χ4v) is 3.04. The minimum atomic E-state index is 0.303. The summed E-state index contributed by atoms with van der Waals surface area (Å²) in [7, 11) is 1.82. The van der Waals surface area contributed by atoms with Gasteiger partial charge in [-0.05, 0) is 55.8 Å². The summed E-state index contributed by atoms with van der Waals surface area (Å²) >= 11 is 6.35. The zero-order valence-electron chi connectivity index (χ0n) is 12.1. The van der Waals surface area contributed by atoms with Gasteiger partial charge in [0, 0.05) is 18.2 Å². The molecule has 0 saturated heterocycles. The topological polar surface area (TPSA) is 21.3 Å². The number of nitrogens with one attached hydrogen (secondary N) is 1. The number of benzene rings is 1. The number of aryl methyl sites for hydroxylation is 1. The van der Waals surface area contributed by atoms with Crippen LogP contribution < -0.4 is 5.32 Å². The lowest BCUT2D eigenvalue weighted by atomic mass is 9.97. The summed E-state index contributed by atoms with van der Waals surface area (Å²) in [5.74, 6) is 0.721. The molecular weight excluding hydrogens is 258 g/mol. The quantitative estimate of drug-likeness (QED) is 0.825. The van der Waals surface area contributed by atoms with Crippen molar-refractivity contribution in [3.8, 4) is 0 Å². The van der Waals surface area contributed by atoms with Crippen LogP contribution in [0, 0.1) is 12.8 Å². The second kappa shape index (κ2) is 6.74. The van der Waals surface area contributed by atoms with Crippen molar-refractivity contribution in [1.29, 1.82) is 0 Å². The molecule has 19 heavy (non-hydrogen) atoms. The van der Waals surface area contributed by atoms with E-state index in [2.05, 4.69) is 31.3 Å². The summed E-state index contributed by atoms with van der Waals surface area (Å²) in [5.41, 5.74) is 2.42. The Labute approximate surface area is 121 Å². The second-order valence-corrected chi connectivity index (χ2v) is 5.91. The highest BCUT2D eigenvalue weighted by molar-refractivity contribution is 6.31. The van der Waals surface area contributed by atoms with Gasteiger partial charge in [-0.15, -0.1) is 0 Å². The number of halogens is 1. The van der Waals surface area contributed by atoms with Crippen LogP contribution in [0.1, 0.15) is 30.9 Å². The van der Waals surface area contributed by atoms with Crippen molar-refractivity contribution in [3.05, 3.63) is 34.3 Å². The molecule has 2 nitrogen and oxygen atoms in total. The summed E-state index contributed by atoms with van der Waals surface area (Å²) in [4.78, 5) is 0. The average Bonchev–Trinajstić information content (AvgIpc) is 3.18.